The predicted octanol–water partition coefficient (Wildman–Crippen LogP) is 3.08. The lowest BCUT2D eigenvalue weighted by Gasteiger charge is -2.16. The number of halogens is 2. The average molecular weight is 283 g/mol. The van der Waals surface area contributed by atoms with Crippen LogP contribution in [-0.2, 0) is 6.42 Å². The zero-order chi connectivity index (χ0) is 13.8. The van der Waals surface area contributed by atoms with Gasteiger partial charge < -0.3 is 5.32 Å². The van der Waals surface area contributed by atoms with Crippen LogP contribution in [0, 0.1) is 11.6 Å². The van der Waals surface area contributed by atoms with Gasteiger partial charge in [0.15, 0.2) is 11.6 Å². The Morgan fingerprint density at radius 2 is 2.16 bits per heavy atom. The van der Waals surface area contributed by atoms with E-state index < -0.39 is 17.7 Å². The minimum atomic E-state index is -0.840. The third kappa shape index (κ3) is 2.79. The van der Waals surface area contributed by atoms with E-state index in [4.69, 9.17) is 0 Å². The molecule has 3 nitrogen and oxygen atoms in total. The van der Waals surface area contributed by atoms with E-state index in [9.17, 15) is 8.78 Å². The summed E-state index contributed by atoms with van der Waals surface area (Å²) in [6.07, 6.45) is 1.71. The van der Waals surface area contributed by atoms with Gasteiger partial charge >= 0.3 is 0 Å². The molecule has 1 aromatic heterocycles. The summed E-state index contributed by atoms with van der Waals surface area (Å²) >= 11 is 1.22. The highest BCUT2D eigenvalue weighted by molar-refractivity contribution is 7.05. The molecule has 0 radical (unpaired) electrons. The molecule has 0 spiro atoms. The maximum atomic E-state index is 13.9. The number of rotatable bonds is 5. The van der Waals surface area contributed by atoms with Crippen molar-refractivity contribution >= 4 is 11.5 Å². The molecular weight excluding hydrogens is 268 g/mol. The molecule has 0 fully saturated rings. The van der Waals surface area contributed by atoms with Crippen LogP contribution < -0.4 is 5.32 Å². The number of hydrogen-bond donors (Lipinski definition) is 1. The summed E-state index contributed by atoms with van der Waals surface area (Å²) < 4.78 is 31.2. The van der Waals surface area contributed by atoms with E-state index in [1.807, 2.05) is 6.92 Å². The molecule has 0 amide bonds. The van der Waals surface area contributed by atoms with E-state index >= 15 is 0 Å². The first kappa shape index (κ1) is 14.0. The summed E-state index contributed by atoms with van der Waals surface area (Å²) in [5, 5.41) is 7.08. The van der Waals surface area contributed by atoms with Crippen molar-refractivity contribution in [2.24, 2.45) is 0 Å². The first-order chi connectivity index (χ1) is 9.19. The number of nitrogens with zero attached hydrogens (tertiary/aromatic N) is 2. The van der Waals surface area contributed by atoms with Gasteiger partial charge in [0.1, 0.15) is 0 Å². The molecule has 0 aliphatic heterocycles. The second-order valence-electron chi connectivity index (χ2n) is 4.20. The predicted molar refractivity (Wildman–Crippen MR) is 71.2 cm³/mol. The number of aromatic nitrogens is 2. The highest BCUT2D eigenvalue weighted by Gasteiger charge is 2.23. The monoisotopic (exact) mass is 283 g/mol. The van der Waals surface area contributed by atoms with Crippen LogP contribution in [-0.4, -0.2) is 16.6 Å². The molecule has 0 saturated carbocycles. The Morgan fingerprint density at radius 1 is 1.37 bits per heavy atom. The number of aryl methyl sites for hydroxylation is 1. The molecule has 1 heterocycles. The summed E-state index contributed by atoms with van der Waals surface area (Å²) in [6, 6.07) is 3.78. The minimum absolute atomic E-state index is 0.283. The van der Waals surface area contributed by atoms with Gasteiger partial charge in [-0.3, -0.25) is 0 Å². The molecule has 1 aromatic carbocycles. The molecule has 0 bridgehead atoms. The molecule has 19 heavy (non-hydrogen) atoms. The van der Waals surface area contributed by atoms with Gasteiger partial charge in [0.2, 0.25) is 0 Å². The van der Waals surface area contributed by atoms with Crippen LogP contribution in [0.1, 0.15) is 35.5 Å². The summed E-state index contributed by atoms with van der Waals surface area (Å²) in [4.78, 5) is 0.842. The van der Waals surface area contributed by atoms with Crippen molar-refractivity contribution in [2.45, 2.75) is 25.8 Å². The highest BCUT2D eigenvalue weighted by Crippen LogP contribution is 2.29. The van der Waals surface area contributed by atoms with Crippen LogP contribution in [0.3, 0.4) is 0 Å². The lowest BCUT2D eigenvalue weighted by Crippen LogP contribution is -2.19. The zero-order valence-electron chi connectivity index (χ0n) is 10.8. The Kier molecular flexibility index (Phi) is 4.55. The Hall–Kier alpha value is -1.40. The first-order valence-corrected chi connectivity index (χ1v) is 6.88. The first-order valence-electron chi connectivity index (χ1n) is 6.11. The normalized spacial score (nSPS) is 12.6. The van der Waals surface area contributed by atoms with Gasteiger partial charge in [0.25, 0.3) is 0 Å². The lowest BCUT2D eigenvalue weighted by atomic mass is 10.0. The van der Waals surface area contributed by atoms with Gasteiger partial charge in [0, 0.05) is 5.56 Å². The summed E-state index contributed by atoms with van der Waals surface area (Å²) in [7, 11) is 1.71. The molecule has 0 aliphatic carbocycles. The maximum absolute atomic E-state index is 13.9. The molecule has 0 saturated heterocycles. The third-order valence-electron chi connectivity index (χ3n) is 2.92. The van der Waals surface area contributed by atoms with Crippen LogP contribution in [0.5, 0.6) is 0 Å². The van der Waals surface area contributed by atoms with E-state index in [1.165, 1.54) is 17.6 Å². The summed E-state index contributed by atoms with van der Waals surface area (Å²) in [5.41, 5.74) is 1.13. The molecule has 2 rings (SSSR count). The van der Waals surface area contributed by atoms with E-state index in [-0.39, 0.29) is 5.56 Å². The quantitative estimate of drug-likeness (QED) is 0.916. The van der Waals surface area contributed by atoms with Crippen molar-refractivity contribution in [1.29, 1.82) is 0 Å². The van der Waals surface area contributed by atoms with Crippen molar-refractivity contribution in [1.82, 2.24) is 14.9 Å². The van der Waals surface area contributed by atoms with E-state index in [0.717, 1.165) is 29.5 Å². The van der Waals surface area contributed by atoms with Gasteiger partial charge in [-0.15, -0.1) is 5.10 Å². The van der Waals surface area contributed by atoms with Crippen molar-refractivity contribution in [3.8, 4) is 0 Å². The van der Waals surface area contributed by atoms with Crippen molar-refractivity contribution in [3.05, 3.63) is 46.0 Å². The van der Waals surface area contributed by atoms with Gasteiger partial charge in [-0.2, -0.15) is 0 Å². The Bertz CT molecular complexity index is 557. The van der Waals surface area contributed by atoms with E-state index in [1.54, 1.807) is 13.1 Å². The van der Waals surface area contributed by atoms with E-state index in [0.29, 0.717) is 0 Å². The van der Waals surface area contributed by atoms with Crippen molar-refractivity contribution in [2.75, 3.05) is 7.05 Å². The minimum Gasteiger partial charge on any atom is -0.308 e. The van der Waals surface area contributed by atoms with Crippen LogP contribution in [0.25, 0.3) is 0 Å². The van der Waals surface area contributed by atoms with Crippen molar-refractivity contribution in [3.63, 3.8) is 0 Å². The van der Waals surface area contributed by atoms with E-state index in [2.05, 4.69) is 14.9 Å². The standard InChI is InChI=1S/C13H15F2N3S/c1-3-5-10-13(19-18-17-10)12(16-2)8-6-4-7-9(14)11(8)15/h4,6-7,12,16H,3,5H2,1-2H3. The fraction of sp³-hybridized carbons (Fsp3) is 0.385. The SMILES string of the molecule is CCCc1nnsc1C(NC)c1cccc(F)c1F. The summed E-state index contributed by atoms with van der Waals surface area (Å²) in [6.45, 7) is 2.04. The number of hydrogen-bond acceptors (Lipinski definition) is 4. The van der Waals surface area contributed by atoms with Crippen LogP contribution in [0.15, 0.2) is 18.2 Å². The number of benzene rings is 1. The molecular formula is C13H15F2N3S. The van der Waals surface area contributed by atoms with Gasteiger partial charge in [0.05, 0.1) is 16.6 Å². The fourth-order valence-corrected chi connectivity index (χ4v) is 2.84. The van der Waals surface area contributed by atoms with Crippen LogP contribution in [0.4, 0.5) is 8.78 Å². The Labute approximate surface area is 114 Å². The molecule has 1 atom stereocenters. The molecule has 0 aliphatic rings. The second-order valence-corrected chi connectivity index (χ2v) is 4.98. The second kappa shape index (κ2) is 6.16. The molecule has 6 heteroatoms. The largest absolute Gasteiger partial charge is 0.308 e. The fourth-order valence-electron chi connectivity index (χ4n) is 2.02. The topological polar surface area (TPSA) is 37.8 Å². The highest BCUT2D eigenvalue weighted by atomic mass is 32.1. The lowest BCUT2D eigenvalue weighted by molar-refractivity contribution is 0.487. The third-order valence-corrected chi connectivity index (χ3v) is 3.75. The smallest absolute Gasteiger partial charge is 0.163 e. The number of nitrogens with one attached hydrogen (secondary N) is 1. The molecule has 1 unspecified atom stereocenters. The Balaban J connectivity index is 2.44. The van der Waals surface area contributed by atoms with Gasteiger partial charge in [-0.25, -0.2) is 8.78 Å². The molecule has 102 valence electrons. The summed E-state index contributed by atoms with van der Waals surface area (Å²) in [5.74, 6) is -1.66. The molecule has 2 aromatic rings. The maximum Gasteiger partial charge on any atom is 0.163 e. The van der Waals surface area contributed by atoms with Crippen LogP contribution in [0.2, 0.25) is 0 Å². The average Bonchev–Trinajstić information content (AvgIpc) is 2.84. The molecule has 1 N–H and O–H groups in total. The van der Waals surface area contributed by atoms with Gasteiger partial charge in [-0.1, -0.05) is 30.0 Å². The van der Waals surface area contributed by atoms with Crippen LogP contribution >= 0.6 is 11.5 Å². The zero-order valence-corrected chi connectivity index (χ0v) is 11.6. The van der Waals surface area contributed by atoms with Gasteiger partial charge in [-0.05, 0) is 31.1 Å². The Morgan fingerprint density at radius 3 is 2.84 bits per heavy atom. The van der Waals surface area contributed by atoms with Crippen molar-refractivity contribution < 1.29 is 8.78 Å².